The van der Waals surface area contributed by atoms with Crippen LogP contribution in [0.5, 0.6) is 0 Å². The third-order valence-corrected chi connectivity index (χ3v) is 4.02. The Morgan fingerprint density at radius 2 is 2.26 bits per heavy atom. The van der Waals surface area contributed by atoms with E-state index in [9.17, 15) is 4.79 Å². The molecule has 6 nitrogen and oxygen atoms in total. The Kier molecular flexibility index (Phi) is 8.29. The molecule has 128 valence electrons. The fourth-order valence-corrected chi connectivity index (χ4v) is 2.78. The van der Waals surface area contributed by atoms with Crippen molar-refractivity contribution in [2.24, 2.45) is 16.8 Å². The molecule has 0 aliphatic carbocycles. The fraction of sp³-hybridized carbons (Fsp3) is 0.562. The number of aromatic nitrogens is 1. The summed E-state index contributed by atoms with van der Waals surface area (Å²) in [6.45, 7) is 4.29. The SMILES string of the molecule is CN=C(NCCc1ccccn1)N1CC(C)C(C(=O)OC)C1.I. The van der Waals surface area contributed by atoms with Crippen molar-refractivity contribution in [3.8, 4) is 0 Å². The van der Waals surface area contributed by atoms with Crippen LogP contribution in [-0.4, -0.2) is 55.6 Å². The molecule has 7 heteroatoms. The number of ether oxygens (including phenoxy) is 1. The van der Waals surface area contributed by atoms with Crippen LogP contribution in [-0.2, 0) is 16.0 Å². The molecule has 0 bridgehead atoms. The van der Waals surface area contributed by atoms with Gasteiger partial charge in [0.25, 0.3) is 0 Å². The number of methoxy groups -OCH3 is 1. The van der Waals surface area contributed by atoms with Crippen molar-refractivity contribution in [3.05, 3.63) is 30.1 Å². The first-order valence-corrected chi connectivity index (χ1v) is 7.59. The molecule has 0 aromatic carbocycles. The molecule has 1 aromatic heterocycles. The largest absolute Gasteiger partial charge is 0.469 e. The van der Waals surface area contributed by atoms with Gasteiger partial charge in [-0.25, -0.2) is 0 Å². The second kappa shape index (κ2) is 9.69. The number of hydrogen-bond donors (Lipinski definition) is 1. The molecule has 1 saturated heterocycles. The van der Waals surface area contributed by atoms with Crippen LogP contribution >= 0.6 is 24.0 Å². The molecule has 2 unspecified atom stereocenters. The average Bonchev–Trinajstić information content (AvgIpc) is 2.93. The molecular formula is C16H25IN4O2. The molecule has 1 aromatic rings. The van der Waals surface area contributed by atoms with Gasteiger partial charge in [-0.05, 0) is 18.1 Å². The van der Waals surface area contributed by atoms with Crippen LogP contribution in [0.2, 0.25) is 0 Å². The molecule has 0 spiro atoms. The van der Waals surface area contributed by atoms with Gasteiger partial charge in [0.1, 0.15) is 0 Å². The molecule has 0 radical (unpaired) electrons. The van der Waals surface area contributed by atoms with Crippen LogP contribution in [0.1, 0.15) is 12.6 Å². The van der Waals surface area contributed by atoms with Gasteiger partial charge in [0.05, 0.1) is 13.0 Å². The first kappa shape index (κ1) is 19.7. The van der Waals surface area contributed by atoms with E-state index in [-0.39, 0.29) is 41.8 Å². The van der Waals surface area contributed by atoms with Gasteiger partial charge in [-0.2, -0.15) is 0 Å². The number of esters is 1. The minimum atomic E-state index is -0.140. The number of nitrogens with one attached hydrogen (secondary N) is 1. The van der Waals surface area contributed by atoms with E-state index in [4.69, 9.17) is 4.74 Å². The summed E-state index contributed by atoms with van der Waals surface area (Å²) in [5.74, 6) is 0.870. The Morgan fingerprint density at radius 3 is 2.87 bits per heavy atom. The molecule has 1 aliphatic heterocycles. The van der Waals surface area contributed by atoms with E-state index in [2.05, 4.69) is 27.1 Å². The first-order chi connectivity index (χ1) is 10.7. The number of likely N-dealkylation sites (tertiary alicyclic amines) is 1. The third kappa shape index (κ3) is 5.33. The zero-order valence-corrected chi connectivity index (χ0v) is 16.2. The minimum Gasteiger partial charge on any atom is -0.469 e. The van der Waals surface area contributed by atoms with Crippen molar-refractivity contribution in [1.29, 1.82) is 0 Å². The summed E-state index contributed by atoms with van der Waals surface area (Å²) in [4.78, 5) is 22.5. The van der Waals surface area contributed by atoms with Crippen LogP contribution in [0.3, 0.4) is 0 Å². The standard InChI is InChI=1S/C16H24N4O2.HI/c1-12-10-20(11-14(12)15(21)22-3)16(17-2)19-9-7-13-6-4-5-8-18-13;/h4-6,8,12,14H,7,9-11H2,1-3H3,(H,17,19);1H. The molecule has 2 heterocycles. The van der Waals surface area contributed by atoms with E-state index >= 15 is 0 Å². The van der Waals surface area contributed by atoms with Crippen molar-refractivity contribution in [2.75, 3.05) is 33.8 Å². The summed E-state index contributed by atoms with van der Waals surface area (Å²) in [6, 6.07) is 5.91. The monoisotopic (exact) mass is 432 g/mol. The predicted octanol–water partition coefficient (Wildman–Crippen LogP) is 1.56. The number of hydrogen-bond acceptors (Lipinski definition) is 4. The van der Waals surface area contributed by atoms with Crippen LogP contribution in [0.25, 0.3) is 0 Å². The summed E-state index contributed by atoms with van der Waals surface area (Å²) in [7, 11) is 3.21. The molecular weight excluding hydrogens is 407 g/mol. The average molecular weight is 432 g/mol. The van der Waals surface area contributed by atoms with Gasteiger partial charge in [-0.15, -0.1) is 24.0 Å². The van der Waals surface area contributed by atoms with Gasteiger partial charge >= 0.3 is 5.97 Å². The zero-order chi connectivity index (χ0) is 15.9. The van der Waals surface area contributed by atoms with Crippen LogP contribution < -0.4 is 5.32 Å². The van der Waals surface area contributed by atoms with Crippen LogP contribution in [0.15, 0.2) is 29.4 Å². The maximum absolute atomic E-state index is 11.8. The van der Waals surface area contributed by atoms with Gasteiger partial charge in [0.2, 0.25) is 0 Å². The lowest BCUT2D eigenvalue weighted by molar-refractivity contribution is -0.145. The number of rotatable bonds is 4. The summed E-state index contributed by atoms with van der Waals surface area (Å²) in [5.41, 5.74) is 1.05. The topological polar surface area (TPSA) is 66.8 Å². The number of carbonyl (C=O) groups excluding carboxylic acids is 1. The lowest BCUT2D eigenvalue weighted by atomic mass is 9.99. The minimum absolute atomic E-state index is 0. The van der Waals surface area contributed by atoms with E-state index in [1.807, 2.05) is 18.2 Å². The molecule has 1 aliphatic rings. The number of halogens is 1. The molecule has 2 atom stereocenters. The summed E-state index contributed by atoms with van der Waals surface area (Å²) < 4.78 is 4.87. The summed E-state index contributed by atoms with van der Waals surface area (Å²) >= 11 is 0. The predicted molar refractivity (Wildman–Crippen MR) is 101 cm³/mol. The zero-order valence-electron chi connectivity index (χ0n) is 13.9. The van der Waals surface area contributed by atoms with Crippen molar-refractivity contribution in [1.82, 2.24) is 15.2 Å². The quantitative estimate of drug-likeness (QED) is 0.339. The molecule has 0 amide bonds. The number of nitrogens with zero attached hydrogens (tertiary/aromatic N) is 3. The Hall–Kier alpha value is -1.38. The molecule has 1 N–H and O–H groups in total. The number of aliphatic imine (C=N–C) groups is 1. The van der Waals surface area contributed by atoms with Crippen molar-refractivity contribution < 1.29 is 9.53 Å². The highest BCUT2D eigenvalue weighted by atomic mass is 127. The van der Waals surface area contributed by atoms with E-state index in [1.165, 1.54) is 7.11 Å². The molecule has 1 fully saturated rings. The van der Waals surface area contributed by atoms with Crippen molar-refractivity contribution in [2.45, 2.75) is 13.3 Å². The van der Waals surface area contributed by atoms with Gasteiger partial charge < -0.3 is 15.0 Å². The second-order valence-corrected chi connectivity index (χ2v) is 5.56. The number of guanidine groups is 1. The van der Waals surface area contributed by atoms with Crippen LogP contribution in [0, 0.1) is 11.8 Å². The van der Waals surface area contributed by atoms with E-state index < -0.39 is 0 Å². The van der Waals surface area contributed by atoms with Gasteiger partial charge in [0.15, 0.2) is 5.96 Å². The molecule has 2 rings (SSSR count). The fourth-order valence-electron chi connectivity index (χ4n) is 2.78. The van der Waals surface area contributed by atoms with Crippen molar-refractivity contribution in [3.63, 3.8) is 0 Å². The van der Waals surface area contributed by atoms with E-state index in [0.717, 1.165) is 31.2 Å². The second-order valence-electron chi connectivity index (χ2n) is 5.56. The van der Waals surface area contributed by atoms with Gasteiger partial charge in [0, 0.05) is 45.0 Å². The normalized spacial score (nSPS) is 20.8. The Labute approximate surface area is 154 Å². The highest BCUT2D eigenvalue weighted by Gasteiger charge is 2.36. The number of pyridine rings is 1. The van der Waals surface area contributed by atoms with Gasteiger partial charge in [-0.3, -0.25) is 14.8 Å². The number of carbonyl (C=O) groups is 1. The summed E-state index contributed by atoms with van der Waals surface area (Å²) in [5, 5.41) is 3.34. The van der Waals surface area contributed by atoms with E-state index in [0.29, 0.717) is 6.54 Å². The van der Waals surface area contributed by atoms with Crippen molar-refractivity contribution >= 4 is 35.9 Å². The summed E-state index contributed by atoms with van der Waals surface area (Å²) in [6.07, 6.45) is 2.64. The molecule has 23 heavy (non-hydrogen) atoms. The Bertz CT molecular complexity index is 524. The third-order valence-electron chi connectivity index (χ3n) is 4.02. The Balaban J connectivity index is 0.00000264. The highest BCUT2D eigenvalue weighted by Crippen LogP contribution is 2.23. The maximum Gasteiger partial charge on any atom is 0.310 e. The first-order valence-electron chi connectivity index (χ1n) is 7.59. The lowest BCUT2D eigenvalue weighted by Gasteiger charge is -2.21. The van der Waals surface area contributed by atoms with Crippen LogP contribution in [0.4, 0.5) is 0 Å². The van der Waals surface area contributed by atoms with Gasteiger partial charge in [-0.1, -0.05) is 13.0 Å². The highest BCUT2D eigenvalue weighted by molar-refractivity contribution is 14.0. The lowest BCUT2D eigenvalue weighted by Crippen LogP contribution is -2.41. The van der Waals surface area contributed by atoms with E-state index in [1.54, 1.807) is 13.2 Å². The molecule has 0 saturated carbocycles. The smallest absolute Gasteiger partial charge is 0.310 e. The maximum atomic E-state index is 11.8. The Morgan fingerprint density at radius 1 is 1.48 bits per heavy atom.